The summed E-state index contributed by atoms with van der Waals surface area (Å²) in [6.07, 6.45) is 1.59. The summed E-state index contributed by atoms with van der Waals surface area (Å²) in [6, 6.07) is 12.6. The Hall–Kier alpha value is -3.88. The molecule has 4 aromatic rings. The van der Waals surface area contributed by atoms with E-state index in [-0.39, 0.29) is 30.5 Å². The van der Waals surface area contributed by atoms with Crippen molar-refractivity contribution in [2.24, 2.45) is 0 Å². The fraction of sp³-hybridized carbons (Fsp3) is 0.238. The maximum atomic E-state index is 13.1. The average molecular weight is 405 g/mol. The molecule has 0 spiro atoms. The molecule has 30 heavy (non-hydrogen) atoms. The second-order valence-corrected chi connectivity index (χ2v) is 7.02. The van der Waals surface area contributed by atoms with Crippen molar-refractivity contribution in [3.63, 3.8) is 0 Å². The van der Waals surface area contributed by atoms with Gasteiger partial charge in [0.05, 0.1) is 11.0 Å². The van der Waals surface area contributed by atoms with Gasteiger partial charge in [0.2, 0.25) is 18.3 Å². The van der Waals surface area contributed by atoms with Crippen LogP contribution in [0.1, 0.15) is 19.2 Å². The van der Waals surface area contributed by atoms with Crippen molar-refractivity contribution in [3.05, 3.63) is 58.6 Å². The molecule has 0 aliphatic carbocycles. The predicted molar refractivity (Wildman–Crippen MR) is 110 cm³/mol. The molecule has 0 saturated carbocycles. The first-order valence-corrected chi connectivity index (χ1v) is 9.70. The SMILES string of the molecule is CCCc1nnc2c(=O)n(CC(=O)Nc3ccc4c(c3)OCO4)c3ccccc3n12. The van der Waals surface area contributed by atoms with Crippen molar-refractivity contribution in [2.45, 2.75) is 26.3 Å². The fourth-order valence-corrected chi connectivity index (χ4v) is 3.68. The number of aryl methyl sites for hydroxylation is 1. The Labute approximate surface area is 170 Å². The molecule has 3 heterocycles. The number of carbonyl (C=O) groups excluding carboxylic acids is 1. The molecule has 0 radical (unpaired) electrons. The molecule has 0 bridgehead atoms. The summed E-state index contributed by atoms with van der Waals surface area (Å²) in [6.45, 7) is 2.05. The van der Waals surface area contributed by atoms with Gasteiger partial charge in [-0.1, -0.05) is 19.1 Å². The third kappa shape index (κ3) is 2.95. The van der Waals surface area contributed by atoms with Gasteiger partial charge in [-0.2, -0.15) is 0 Å². The zero-order chi connectivity index (χ0) is 20.7. The highest BCUT2D eigenvalue weighted by Crippen LogP contribution is 2.34. The van der Waals surface area contributed by atoms with Gasteiger partial charge >= 0.3 is 0 Å². The number of benzene rings is 2. The van der Waals surface area contributed by atoms with Crippen LogP contribution in [-0.2, 0) is 17.8 Å². The van der Waals surface area contributed by atoms with Crippen LogP contribution in [-0.4, -0.2) is 31.9 Å². The normalized spacial score (nSPS) is 12.6. The molecule has 9 nitrogen and oxygen atoms in total. The molecule has 0 fully saturated rings. The molecular formula is C21H19N5O4. The zero-order valence-electron chi connectivity index (χ0n) is 16.3. The van der Waals surface area contributed by atoms with Crippen LogP contribution >= 0.6 is 0 Å². The minimum absolute atomic E-state index is 0.153. The number of nitrogens with zero attached hydrogens (tertiary/aromatic N) is 4. The number of hydrogen-bond donors (Lipinski definition) is 1. The Balaban J connectivity index is 1.53. The summed E-state index contributed by atoms with van der Waals surface area (Å²) in [4.78, 5) is 25.9. The Kier molecular flexibility index (Phi) is 4.35. The molecule has 2 aromatic heterocycles. The third-order valence-electron chi connectivity index (χ3n) is 5.01. The molecule has 9 heteroatoms. The summed E-state index contributed by atoms with van der Waals surface area (Å²) < 4.78 is 13.8. The van der Waals surface area contributed by atoms with Crippen molar-refractivity contribution in [3.8, 4) is 11.5 Å². The highest BCUT2D eigenvalue weighted by molar-refractivity contribution is 5.92. The number of nitrogens with one attached hydrogen (secondary N) is 1. The summed E-state index contributed by atoms with van der Waals surface area (Å²) in [7, 11) is 0. The monoisotopic (exact) mass is 405 g/mol. The van der Waals surface area contributed by atoms with Crippen LogP contribution in [0.2, 0.25) is 0 Å². The van der Waals surface area contributed by atoms with E-state index in [1.54, 1.807) is 22.6 Å². The number of hydrogen-bond acceptors (Lipinski definition) is 6. The number of aromatic nitrogens is 4. The minimum atomic E-state index is -0.357. The highest BCUT2D eigenvalue weighted by atomic mass is 16.7. The molecule has 1 aliphatic rings. The van der Waals surface area contributed by atoms with Gasteiger partial charge in [0.25, 0.3) is 5.56 Å². The molecule has 1 aliphatic heterocycles. The van der Waals surface area contributed by atoms with Crippen LogP contribution in [0.4, 0.5) is 5.69 Å². The summed E-state index contributed by atoms with van der Waals surface area (Å²) >= 11 is 0. The highest BCUT2D eigenvalue weighted by Gasteiger charge is 2.18. The topological polar surface area (TPSA) is 99.8 Å². The van der Waals surface area contributed by atoms with Crippen LogP contribution < -0.4 is 20.3 Å². The third-order valence-corrected chi connectivity index (χ3v) is 5.01. The van der Waals surface area contributed by atoms with Gasteiger partial charge in [-0.3, -0.25) is 18.6 Å². The minimum Gasteiger partial charge on any atom is -0.454 e. The molecule has 1 N–H and O–H groups in total. The first-order valence-electron chi connectivity index (χ1n) is 9.70. The summed E-state index contributed by atoms with van der Waals surface area (Å²) in [5.41, 5.74) is 1.86. The van der Waals surface area contributed by atoms with E-state index in [1.165, 1.54) is 4.57 Å². The standard InChI is InChI=1S/C21H19N5O4/c1-2-5-18-23-24-20-21(28)25(14-6-3-4-7-15(14)26(18)20)11-19(27)22-13-8-9-16-17(10-13)30-12-29-16/h3-4,6-10H,2,5,11-12H2,1H3,(H,22,27). The van der Waals surface area contributed by atoms with Gasteiger partial charge < -0.3 is 14.8 Å². The summed E-state index contributed by atoms with van der Waals surface area (Å²) in [5, 5.41) is 11.1. The van der Waals surface area contributed by atoms with Crippen LogP contribution in [0, 0.1) is 0 Å². The van der Waals surface area contributed by atoms with E-state index < -0.39 is 0 Å². The molecule has 2 aromatic carbocycles. The smallest absolute Gasteiger partial charge is 0.297 e. The number of carbonyl (C=O) groups is 1. The number of anilines is 1. The number of amides is 1. The van der Waals surface area contributed by atoms with Crippen molar-refractivity contribution in [1.82, 2.24) is 19.2 Å². The predicted octanol–water partition coefficient (Wildman–Crippen LogP) is 2.36. The molecule has 152 valence electrons. The molecule has 1 amide bonds. The lowest BCUT2D eigenvalue weighted by Gasteiger charge is -2.13. The van der Waals surface area contributed by atoms with Crippen LogP contribution in [0.5, 0.6) is 11.5 Å². The van der Waals surface area contributed by atoms with Crippen molar-refractivity contribution < 1.29 is 14.3 Å². The number of fused-ring (bicyclic) bond motifs is 4. The lowest BCUT2D eigenvalue weighted by molar-refractivity contribution is -0.116. The molecule has 5 rings (SSSR count). The van der Waals surface area contributed by atoms with Crippen molar-refractivity contribution in [1.29, 1.82) is 0 Å². The van der Waals surface area contributed by atoms with Gasteiger partial charge in [-0.05, 0) is 30.7 Å². The second-order valence-electron chi connectivity index (χ2n) is 7.02. The Morgan fingerprint density at radius 3 is 2.73 bits per heavy atom. The Morgan fingerprint density at radius 2 is 1.90 bits per heavy atom. The van der Waals surface area contributed by atoms with Crippen LogP contribution in [0.15, 0.2) is 47.3 Å². The van der Waals surface area contributed by atoms with E-state index in [0.29, 0.717) is 29.1 Å². The number of ether oxygens (including phenoxy) is 2. The summed E-state index contributed by atoms with van der Waals surface area (Å²) in [5.74, 6) is 1.61. The van der Waals surface area contributed by atoms with E-state index in [0.717, 1.165) is 17.8 Å². The van der Waals surface area contributed by atoms with Crippen LogP contribution in [0.3, 0.4) is 0 Å². The van der Waals surface area contributed by atoms with Gasteiger partial charge in [0.1, 0.15) is 12.4 Å². The number of rotatable bonds is 5. The molecular weight excluding hydrogens is 386 g/mol. The molecule has 0 atom stereocenters. The van der Waals surface area contributed by atoms with Gasteiger partial charge in [0.15, 0.2) is 11.5 Å². The maximum Gasteiger partial charge on any atom is 0.297 e. The Bertz CT molecular complexity index is 1340. The lowest BCUT2D eigenvalue weighted by Crippen LogP contribution is -2.29. The largest absolute Gasteiger partial charge is 0.454 e. The van der Waals surface area contributed by atoms with Crippen molar-refractivity contribution >= 4 is 28.3 Å². The molecule has 0 saturated heterocycles. The fourth-order valence-electron chi connectivity index (χ4n) is 3.68. The number of para-hydroxylation sites is 2. The van der Waals surface area contributed by atoms with Gasteiger partial charge in [-0.15, -0.1) is 10.2 Å². The average Bonchev–Trinajstić information content (AvgIpc) is 3.38. The van der Waals surface area contributed by atoms with Gasteiger partial charge in [0, 0.05) is 18.2 Å². The van der Waals surface area contributed by atoms with E-state index in [9.17, 15) is 9.59 Å². The van der Waals surface area contributed by atoms with Crippen LogP contribution in [0.25, 0.3) is 16.7 Å². The van der Waals surface area contributed by atoms with E-state index >= 15 is 0 Å². The lowest BCUT2D eigenvalue weighted by atomic mass is 10.2. The first kappa shape index (κ1) is 18.2. The Morgan fingerprint density at radius 1 is 1.10 bits per heavy atom. The van der Waals surface area contributed by atoms with Crippen molar-refractivity contribution in [2.75, 3.05) is 12.1 Å². The van der Waals surface area contributed by atoms with Gasteiger partial charge in [-0.25, -0.2) is 0 Å². The quantitative estimate of drug-likeness (QED) is 0.547. The van der Waals surface area contributed by atoms with E-state index in [4.69, 9.17) is 9.47 Å². The first-order chi connectivity index (χ1) is 14.7. The molecule has 0 unspecified atom stereocenters. The van der Waals surface area contributed by atoms with E-state index in [2.05, 4.69) is 15.5 Å². The van der Waals surface area contributed by atoms with E-state index in [1.807, 2.05) is 31.2 Å². The second kappa shape index (κ2) is 7.18. The maximum absolute atomic E-state index is 13.1. The zero-order valence-corrected chi connectivity index (χ0v) is 16.3.